The third-order valence-corrected chi connectivity index (χ3v) is 6.18. The van der Waals surface area contributed by atoms with Gasteiger partial charge in [0.15, 0.2) is 0 Å². The Morgan fingerprint density at radius 2 is 1.76 bits per heavy atom. The lowest BCUT2D eigenvalue weighted by Crippen LogP contribution is -2.49. The van der Waals surface area contributed by atoms with Gasteiger partial charge in [0, 0.05) is 11.1 Å². The smallest absolute Gasteiger partial charge is 0.130 e. The molecule has 0 unspecified atom stereocenters. The van der Waals surface area contributed by atoms with Gasteiger partial charge in [0.25, 0.3) is 0 Å². The van der Waals surface area contributed by atoms with Crippen molar-refractivity contribution in [2.24, 2.45) is 23.7 Å². The van der Waals surface area contributed by atoms with Gasteiger partial charge in [-0.05, 0) is 74.7 Å². The number of hydrogen-bond acceptors (Lipinski definition) is 2. The van der Waals surface area contributed by atoms with Crippen molar-refractivity contribution in [1.29, 1.82) is 0 Å². The highest BCUT2D eigenvalue weighted by Crippen LogP contribution is 2.60. The summed E-state index contributed by atoms with van der Waals surface area (Å²) < 4.78 is 0.787. The molecule has 1 aromatic heterocycles. The number of H-pyrrole nitrogens is 1. The first-order valence-corrected chi connectivity index (χ1v) is 9.04. The highest BCUT2D eigenvalue weighted by molar-refractivity contribution is 7.71. The SMILES string of the molecule is CC(C)Cc1cc(=S)nc(C23CC4CC(CC(C4)C2)C3)[nH]1. The van der Waals surface area contributed by atoms with Crippen LogP contribution in [0.1, 0.15) is 63.9 Å². The van der Waals surface area contributed by atoms with Gasteiger partial charge >= 0.3 is 0 Å². The van der Waals surface area contributed by atoms with E-state index in [1.165, 1.54) is 50.0 Å². The van der Waals surface area contributed by atoms with Gasteiger partial charge in [-0.2, -0.15) is 0 Å². The molecule has 0 amide bonds. The van der Waals surface area contributed by atoms with Crippen LogP contribution in [-0.4, -0.2) is 9.97 Å². The lowest BCUT2D eigenvalue weighted by molar-refractivity contribution is -0.00955. The second kappa shape index (κ2) is 4.91. The third-order valence-electron chi connectivity index (χ3n) is 5.97. The Hall–Kier alpha value is -0.700. The summed E-state index contributed by atoms with van der Waals surface area (Å²) in [5, 5.41) is 0. The monoisotopic (exact) mass is 302 g/mol. The number of aromatic amines is 1. The molecule has 1 heterocycles. The maximum atomic E-state index is 5.46. The zero-order chi connectivity index (χ0) is 14.6. The molecule has 2 nitrogen and oxygen atoms in total. The van der Waals surface area contributed by atoms with E-state index in [-0.39, 0.29) is 0 Å². The van der Waals surface area contributed by atoms with Crippen molar-refractivity contribution in [3.05, 3.63) is 22.2 Å². The predicted molar refractivity (Wildman–Crippen MR) is 87.8 cm³/mol. The summed E-state index contributed by atoms with van der Waals surface area (Å²) in [4.78, 5) is 8.49. The predicted octanol–water partition coefficient (Wildman–Crippen LogP) is 4.81. The maximum Gasteiger partial charge on any atom is 0.130 e. The van der Waals surface area contributed by atoms with Crippen LogP contribution in [0.5, 0.6) is 0 Å². The Kier molecular flexibility index (Phi) is 3.25. The standard InChI is InChI=1S/C18H26N2S/c1-11(2)3-15-7-16(21)20-17(19-15)18-8-12-4-13(9-18)6-14(5-12)10-18/h7,11-14H,3-6,8-10H2,1-2H3,(H,19,20,21). The minimum Gasteiger partial charge on any atom is -0.347 e. The highest BCUT2D eigenvalue weighted by Gasteiger charge is 2.52. The molecule has 0 radical (unpaired) electrons. The normalized spacial score (nSPS) is 37.4. The number of hydrogen-bond donors (Lipinski definition) is 1. The molecule has 4 saturated carbocycles. The molecule has 4 aliphatic carbocycles. The first-order valence-electron chi connectivity index (χ1n) is 8.63. The molecule has 4 aliphatic rings. The molecule has 4 fully saturated rings. The number of nitrogens with one attached hydrogen (secondary N) is 1. The summed E-state index contributed by atoms with van der Waals surface area (Å²) in [6, 6.07) is 2.07. The van der Waals surface area contributed by atoms with Gasteiger partial charge in [0.1, 0.15) is 10.5 Å². The van der Waals surface area contributed by atoms with Crippen LogP contribution in [0.15, 0.2) is 6.07 Å². The summed E-state index contributed by atoms with van der Waals surface area (Å²) in [7, 11) is 0. The van der Waals surface area contributed by atoms with E-state index in [0.29, 0.717) is 11.3 Å². The van der Waals surface area contributed by atoms with E-state index < -0.39 is 0 Å². The second-order valence-corrected chi connectivity index (χ2v) is 8.81. The van der Waals surface area contributed by atoms with Gasteiger partial charge in [-0.25, -0.2) is 4.98 Å². The van der Waals surface area contributed by atoms with E-state index in [2.05, 4.69) is 24.9 Å². The van der Waals surface area contributed by atoms with Crippen LogP contribution in [0.25, 0.3) is 0 Å². The quantitative estimate of drug-likeness (QED) is 0.812. The molecule has 21 heavy (non-hydrogen) atoms. The van der Waals surface area contributed by atoms with Gasteiger partial charge < -0.3 is 4.98 Å². The molecule has 0 atom stereocenters. The van der Waals surface area contributed by atoms with Crippen LogP contribution in [0.3, 0.4) is 0 Å². The van der Waals surface area contributed by atoms with Crippen molar-refractivity contribution in [1.82, 2.24) is 9.97 Å². The molecule has 5 rings (SSSR count). The van der Waals surface area contributed by atoms with Gasteiger partial charge in [-0.3, -0.25) is 0 Å². The molecular weight excluding hydrogens is 276 g/mol. The van der Waals surface area contributed by atoms with Crippen molar-refractivity contribution in [3.8, 4) is 0 Å². The van der Waals surface area contributed by atoms with Crippen LogP contribution >= 0.6 is 12.2 Å². The van der Waals surface area contributed by atoms with Crippen LogP contribution in [0, 0.1) is 28.3 Å². The number of aromatic nitrogens is 2. The molecular formula is C18H26N2S. The average molecular weight is 302 g/mol. The Labute approximate surface area is 132 Å². The minimum absolute atomic E-state index is 0.329. The first-order chi connectivity index (χ1) is 10.0. The van der Waals surface area contributed by atoms with Crippen molar-refractivity contribution >= 4 is 12.2 Å². The fraction of sp³-hybridized carbons (Fsp3) is 0.778. The molecule has 0 aliphatic heterocycles. The molecule has 4 bridgehead atoms. The first kappa shape index (κ1) is 13.9. The van der Waals surface area contributed by atoms with E-state index in [9.17, 15) is 0 Å². The summed E-state index contributed by atoms with van der Waals surface area (Å²) in [6.45, 7) is 4.53. The van der Waals surface area contributed by atoms with Gasteiger partial charge in [0.05, 0.1) is 0 Å². The molecule has 114 valence electrons. The maximum absolute atomic E-state index is 5.46. The Morgan fingerprint density at radius 3 is 2.29 bits per heavy atom. The molecule has 0 saturated heterocycles. The fourth-order valence-corrected chi connectivity index (χ4v) is 5.94. The third kappa shape index (κ3) is 2.48. The molecule has 0 spiro atoms. The van der Waals surface area contributed by atoms with E-state index in [4.69, 9.17) is 17.2 Å². The summed E-state index contributed by atoms with van der Waals surface area (Å²) in [6.07, 6.45) is 9.56. The van der Waals surface area contributed by atoms with E-state index in [1.807, 2.05) is 0 Å². The van der Waals surface area contributed by atoms with Crippen LogP contribution < -0.4 is 0 Å². The molecule has 1 N–H and O–H groups in total. The molecule has 0 aromatic carbocycles. The van der Waals surface area contributed by atoms with Crippen LogP contribution in [0.4, 0.5) is 0 Å². The van der Waals surface area contributed by atoms with E-state index >= 15 is 0 Å². The number of rotatable bonds is 3. The van der Waals surface area contributed by atoms with Gasteiger partial charge in [0.2, 0.25) is 0 Å². The average Bonchev–Trinajstić information content (AvgIpc) is 2.35. The van der Waals surface area contributed by atoms with Gasteiger partial charge in [-0.15, -0.1) is 0 Å². The van der Waals surface area contributed by atoms with Crippen LogP contribution in [0.2, 0.25) is 0 Å². The second-order valence-electron chi connectivity index (χ2n) is 8.39. The highest BCUT2D eigenvalue weighted by atomic mass is 32.1. The van der Waals surface area contributed by atoms with Gasteiger partial charge in [-0.1, -0.05) is 26.1 Å². The van der Waals surface area contributed by atoms with Crippen molar-refractivity contribution < 1.29 is 0 Å². The Bertz CT molecular complexity index is 566. The van der Waals surface area contributed by atoms with Crippen LogP contribution in [-0.2, 0) is 11.8 Å². The van der Waals surface area contributed by atoms with Crippen molar-refractivity contribution in [2.75, 3.05) is 0 Å². The number of nitrogens with zero attached hydrogens (tertiary/aromatic N) is 1. The van der Waals surface area contributed by atoms with E-state index in [1.54, 1.807) is 0 Å². The molecule has 3 heteroatoms. The van der Waals surface area contributed by atoms with Crippen molar-refractivity contribution in [3.63, 3.8) is 0 Å². The summed E-state index contributed by atoms with van der Waals surface area (Å²) >= 11 is 5.46. The topological polar surface area (TPSA) is 28.7 Å². The zero-order valence-corrected chi connectivity index (χ0v) is 14.0. The van der Waals surface area contributed by atoms with E-state index in [0.717, 1.165) is 28.8 Å². The lowest BCUT2D eigenvalue weighted by atomic mass is 9.49. The summed E-state index contributed by atoms with van der Waals surface area (Å²) in [5.41, 5.74) is 1.62. The Balaban J connectivity index is 1.72. The van der Waals surface area contributed by atoms with Crippen molar-refractivity contribution in [2.45, 2.75) is 64.2 Å². The summed E-state index contributed by atoms with van der Waals surface area (Å²) in [5.74, 6) is 4.74. The minimum atomic E-state index is 0.329. The zero-order valence-electron chi connectivity index (χ0n) is 13.2. The largest absolute Gasteiger partial charge is 0.347 e. The lowest BCUT2D eigenvalue weighted by Gasteiger charge is -2.56. The molecule has 1 aromatic rings. The fourth-order valence-electron chi connectivity index (χ4n) is 5.71. The Morgan fingerprint density at radius 1 is 1.19 bits per heavy atom.